The van der Waals surface area contributed by atoms with Gasteiger partial charge in [-0.3, -0.25) is 4.79 Å². The summed E-state index contributed by atoms with van der Waals surface area (Å²) in [6.07, 6.45) is 0.817. The number of nitrogens with zero attached hydrogens (tertiary/aromatic N) is 4. The molecule has 0 radical (unpaired) electrons. The van der Waals surface area contributed by atoms with Crippen molar-refractivity contribution in [2.45, 2.75) is 40.2 Å². The number of carbonyl (C=O) groups is 1. The summed E-state index contributed by atoms with van der Waals surface area (Å²) in [7, 11) is 0. The normalized spacial score (nSPS) is 11.0. The van der Waals surface area contributed by atoms with Crippen LogP contribution in [-0.4, -0.2) is 25.6 Å². The first-order chi connectivity index (χ1) is 11.9. The maximum atomic E-state index is 12.1. The van der Waals surface area contributed by atoms with Gasteiger partial charge in [0.15, 0.2) is 0 Å². The summed E-state index contributed by atoms with van der Waals surface area (Å²) in [6, 6.07) is 7.92. The second-order valence-electron chi connectivity index (χ2n) is 6.09. The summed E-state index contributed by atoms with van der Waals surface area (Å²) >= 11 is 0. The van der Waals surface area contributed by atoms with Gasteiger partial charge in [0.1, 0.15) is 6.61 Å². The van der Waals surface area contributed by atoms with Crippen LogP contribution >= 0.6 is 0 Å². The van der Waals surface area contributed by atoms with Crippen LogP contribution in [-0.2, 0) is 22.6 Å². The van der Waals surface area contributed by atoms with Gasteiger partial charge in [0.2, 0.25) is 5.95 Å². The van der Waals surface area contributed by atoms with Gasteiger partial charge in [-0.15, -0.1) is 5.10 Å². The zero-order valence-electron chi connectivity index (χ0n) is 14.6. The molecule has 130 valence electrons. The highest BCUT2D eigenvalue weighted by Crippen LogP contribution is 2.16. The number of carbonyl (C=O) groups excluding carboxylic acids is 1. The Kier molecular flexibility index (Phi) is 4.65. The van der Waals surface area contributed by atoms with Crippen LogP contribution in [0.4, 0.5) is 5.95 Å². The lowest BCUT2D eigenvalue weighted by molar-refractivity contribution is -0.144. The lowest BCUT2D eigenvalue weighted by atomic mass is 10.1. The van der Waals surface area contributed by atoms with E-state index in [0.717, 1.165) is 28.1 Å². The molecule has 0 saturated heterocycles. The van der Waals surface area contributed by atoms with Gasteiger partial charge in [0, 0.05) is 17.8 Å². The maximum Gasteiger partial charge on any atom is 0.306 e. The van der Waals surface area contributed by atoms with Gasteiger partial charge in [0.05, 0.1) is 0 Å². The third-order valence-electron chi connectivity index (χ3n) is 4.13. The Balaban J connectivity index is 1.65. The van der Waals surface area contributed by atoms with Crippen LogP contribution < -0.4 is 5.73 Å². The molecule has 0 spiro atoms. The molecule has 0 fully saturated rings. The molecule has 3 aromatic rings. The summed E-state index contributed by atoms with van der Waals surface area (Å²) in [6.45, 7) is 6.11. The Morgan fingerprint density at radius 3 is 2.80 bits per heavy atom. The minimum atomic E-state index is -0.237. The number of hydrogen-bond acceptors (Lipinski definition) is 6. The Morgan fingerprint density at radius 1 is 1.24 bits per heavy atom. The van der Waals surface area contributed by atoms with Crippen LogP contribution in [0.15, 0.2) is 24.3 Å². The van der Waals surface area contributed by atoms with Gasteiger partial charge in [-0.1, -0.05) is 29.8 Å². The van der Waals surface area contributed by atoms with Crippen molar-refractivity contribution in [2.24, 2.45) is 0 Å². The molecule has 0 atom stereocenters. The molecule has 0 unspecified atom stereocenters. The maximum absolute atomic E-state index is 12.1. The smallest absolute Gasteiger partial charge is 0.306 e. The second-order valence-corrected chi connectivity index (χ2v) is 6.09. The summed E-state index contributed by atoms with van der Waals surface area (Å²) in [5, 5.41) is 4.13. The first kappa shape index (κ1) is 16.9. The van der Waals surface area contributed by atoms with E-state index in [0.29, 0.717) is 12.2 Å². The first-order valence-electron chi connectivity index (χ1n) is 8.13. The minimum Gasteiger partial charge on any atom is -0.461 e. The number of nitrogens with two attached hydrogens (primary N) is 1. The van der Waals surface area contributed by atoms with E-state index in [-0.39, 0.29) is 24.9 Å². The van der Waals surface area contributed by atoms with Gasteiger partial charge in [-0.25, -0.2) is 4.98 Å². The topological polar surface area (TPSA) is 95.4 Å². The van der Waals surface area contributed by atoms with Crippen LogP contribution in [0.5, 0.6) is 0 Å². The highest BCUT2D eigenvalue weighted by atomic mass is 16.5. The molecule has 0 bridgehead atoms. The van der Waals surface area contributed by atoms with E-state index in [1.807, 2.05) is 45.0 Å². The Morgan fingerprint density at radius 2 is 2.04 bits per heavy atom. The number of aromatic nitrogens is 4. The lowest BCUT2D eigenvalue weighted by Gasteiger charge is -2.10. The van der Waals surface area contributed by atoms with Crippen molar-refractivity contribution >= 4 is 17.7 Å². The first-order valence-corrected chi connectivity index (χ1v) is 8.13. The van der Waals surface area contributed by atoms with E-state index in [1.165, 1.54) is 0 Å². The Labute approximate surface area is 145 Å². The summed E-state index contributed by atoms with van der Waals surface area (Å²) in [5.74, 6) is 0.418. The zero-order valence-corrected chi connectivity index (χ0v) is 14.6. The number of anilines is 1. The molecular formula is C18H21N5O2. The number of benzene rings is 1. The number of hydrogen-bond donors (Lipinski definition) is 1. The molecule has 2 aromatic heterocycles. The van der Waals surface area contributed by atoms with Crippen molar-refractivity contribution in [3.8, 4) is 0 Å². The largest absolute Gasteiger partial charge is 0.461 e. The van der Waals surface area contributed by atoms with Crippen molar-refractivity contribution in [3.05, 3.63) is 52.3 Å². The Bertz CT molecular complexity index is 933. The van der Waals surface area contributed by atoms with Gasteiger partial charge in [-0.2, -0.15) is 9.50 Å². The zero-order chi connectivity index (χ0) is 18.0. The molecule has 0 saturated carbocycles. The molecule has 0 aliphatic rings. The van der Waals surface area contributed by atoms with Crippen LogP contribution in [0.25, 0.3) is 5.78 Å². The highest BCUT2D eigenvalue weighted by Gasteiger charge is 2.14. The van der Waals surface area contributed by atoms with E-state index in [9.17, 15) is 4.79 Å². The molecule has 0 aliphatic heterocycles. The Hall–Kier alpha value is -2.96. The molecule has 2 heterocycles. The minimum absolute atomic E-state index is 0.185. The molecule has 7 nitrogen and oxygen atoms in total. The van der Waals surface area contributed by atoms with E-state index in [2.05, 4.69) is 15.1 Å². The number of esters is 1. The fourth-order valence-corrected chi connectivity index (χ4v) is 2.85. The van der Waals surface area contributed by atoms with E-state index >= 15 is 0 Å². The van der Waals surface area contributed by atoms with E-state index < -0.39 is 0 Å². The molecule has 0 amide bonds. The average Bonchev–Trinajstić information content (AvgIpc) is 2.93. The third kappa shape index (κ3) is 3.76. The number of ether oxygens (including phenoxy) is 1. The van der Waals surface area contributed by atoms with Gasteiger partial charge in [0.25, 0.3) is 5.78 Å². The second kappa shape index (κ2) is 6.88. The van der Waals surface area contributed by atoms with Crippen LogP contribution in [0.1, 0.15) is 34.5 Å². The van der Waals surface area contributed by atoms with Gasteiger partial charge >= 0.3 is 5.97 Å². The SMILES string of the molecule is Cc1cccc(COC(=O)CCc2c(C)nc3nc(N)nn3c2C)c1. The number of aryl methyl sites for hydroxylation is 3. The van der Waals surface area contributed by atoms with Crippen LogP contribution in [0.2, 0.25) is 0 Å². The summed E-state index contributed by atoms with van der Waals surface area (Å²) < 4.78 is 6.97. The molecule has 7 heteroatoms. The molecule has 2 N–H and O–H groups in total. The molecule has 3 rings (SSSR count). The quantitative estimate of drug-likeness (QED) is 0.717. The lowest BCUT2D eigenvalue weighted by Crippen LogP contribution is -2.10. The molecular weight excluding hydrogens is 318 g/mol. The van der Waals surface area contributed by atoms with Crippen molar-refractivity contribution in [1.82, 2.24) is 19.6 Å². The number of nitrogen functional groups attached to an aromatic ring is 1. The predicted molar refractivity (Wildman–Crippen MR) is 94.0 cm³/mol. The predicted octanol–water partition coefficient (Wildman–Crippen LogP) is 2.31. The van der Waals surface area contributed by atoms with Crippen molar-refractivity contribution in [1.29, 1.82) is 0 Å². The fourth-order valence-electron chi connectivity index (χ4n) is 2.85. The van der Waals surface area contributed by atoms with Crippen LogP contribution in [0, 0.1) is 20.8 Å². The monoisotopic (exact) mass is 339 g/mol. The summed E-state index contributed by atoms with van der Waals surface area (Å²) in [5.41, 5.74) is 10.4. The summed E-state index contributed by atoms with van der Waals surface area (Å²) in [4.78, 5) is 20.5. The molecule has 0 aliphatic carbocycles. The van der Waals surface area contributed by atoms with E-state index in [4.69, 9.17) is 10.5 Å². The number of rotatable bonds is 5. The van der Waals surface area contributed by atoms with Crippen molar-refractivity contribution < 1.29 is 9.53 Å². The van der Waals surface area contributed by atoms with Crippen molar-refractivity contribution in [3.63, 3.8) is 0 Å². The fraction of sp³-hybridized carbons (Fsp3) is 0.333. The van der Waals surface area contributed by atoms with Crippen LogP contribution in [0.3, 0.4) is 0 Å². The average molecular weight is 339 g/mol. The number of fused-ring (bicyclic) bond motifs is 1. The van der Waals surface area contributed by atoms with E-state index in [1.54, 1.807) is 4.52 Å². The molecule has 25 heavy (non-hydrogen) atoms. The standard InChI is InChI=1S/C18H21N5O2/c1-11-5-4-6-14(9-11)10-25-16(24)8-7-15-12(2)20-18-21-17(19)22-23(18)13(15)3/h4-6,9H,7-8,10H2,1-3H3,(H2,19,22). The van der Waals surface area contributed by atoms with Gasteiger partial charge in [-0.05, 0) is 38.3 Å². The van der Waals surface area contributed by atoms with Gasteiger partial charge < -0.3 is 10.5 Å². The van der Waals surface area contributed by atoms with Crippen molar-refractivity contribution in [2.75, 3.05) is 5.73 Å². The molecule has 1 aromatic carbocycles. The third-order valence-corrected chi connectivity index (χ3v) is 4.13. The highest BCUT2D eigenvalue weighted by molar-refractivity contribution is 5.69.